The van der Waals surface area contributed by atoms with Gasteiger partial charge in [0.05, 0.1) is 25.4 Å². The minimum atomic E-state index is -5.98. The number of allylic oxidation sites excluding steroid dienone is 21. The van der Waals surface area contributed by atoms with E-state index in [9.17, 15) is 59.5 Å². The number of ether oxygens (including phenoxy) is 5. The van der Waals surface area contributed by atoms with Crippen molar-refractivity contribution in [3.05, 3.63) is 128 Å². The molecule has 0 bridgehead atoms. The molecule has 3 heterocycles. The van der Waals surface area contributed by atoms with Crippen molar-refractivity contribution in [1.82, 2.24) is 5.32 Å². The van der Waals surface area contributed by atoms with E-state index >= 15 is 0 Å². The second-order valence-corrected chi connectivity index (χ2v) is 30.5. The van der Waals surface area contributed by atoms with Gasteiger partial charge in [-0.3, -0.25) is 18.4 Å². The lowest BCUT2D eigenvalue weighted by Crippen LogP contribution is -2.68. The molecule has 23 heteroatoms. The van der Waals surface area contributed by atoms with Gasteiger partial charge in [0.25, 0.3) is 15.6 Å². The van der Waals surface area contributed by atoms with E-state index in [2.05, 4.69) is 147 Å². The highest BCUT2D eigenvalue weighted by molar-refractivity contribution is 7.59. The summed E-state index contributed by atoms with van der Waals surface area (Å²) >= 11 is 0. The highest BCUT2D eigenvalue weighted by Crippen LogP contribution is 2.57. The molecule has 560 valence electrons. The highest BCUT2D eigenvalue weighted by atomic mass is 31.3. The summed E-state index contributed by atoms with van der Waals surface area (Å²) in [6.45, 7) is 28.2. The fraction of sp³-hybridized carbons (Fsp3) is 0.693. The molecule has 8 N–H and O–H groups in total. The number of carbonyl (C=O) groups excluding carboxylic acids is 1. The summed E-state index contributed by atoms with van der Waals surface area (Å²) in [6, 6.07) is -1.88. The molecule has 0 radical (unpaired) electrons. The van der Waals surface area contributed by atoms with Gasteiger partial charge < -0.3 is 79.1 Å². The van der Waals surface area contributed by atoms with Gasteiger partial charge in [-0.2, -0.15) is 0 Å². The fourth-order valence-electron chi connectivity index (χ4n) is 11.5. The molecular weight excluding hydrogens is 1300 g/mol. The molecule has 3 rings (SSSR count). The van der Waals surface area contributed by atoms with Gasteiger partial charge in [-0.25, -0.2) is 4.31 Å². The van der Waals surface area contributed by atoms with Crippen molar-refractivity contribution >= 4 is 21.6 Å². The van der Waals surface area contributed by atoms with Crippen LogP contribution in [-0.2, 0) is 51.0 Å². The summed E-state index contributed by atoms with van der Waals surface area (Å²) in [6.07, 6.45) is 21.6. The van der Waals surface area contributed by atoms with E-state index in [0.717, 1.165) is 128 Å². The molecular formula is C75H123NO20P2-2. The summed E-state index contributed by atoms with van der Waals surface area (Å²) in [4.78, 5) is 38.3. The van der Waals surface area contributed by atoms with Crippen LogP contribution in [0.25, 0.3) is 0 Å². The summed E-state index contributed by atoms with van der Waals surface area (Å²) < 4.78 is 68.4. The first kappa shape index (κ1) is 88.6. The molecule has 0 spiro atoms. The Bertz CT molecular complexity index is 2880. The van der Waals surface area contributed by atoms with E-state index < -0.39 is 127 Å². The Kier molecular flexibility index (Phi) is 41.8. The molecule has 0 aromatic heterocycles. The third-order valence-corrected chi connectivity index (χ3v) is 20.4. The number of amides is 1. The number of rotatable bonds is 43. The number of phosphoric ester groups is 2. The number of hydrogen-bond donors (Lipinski definition) is 8. The van der Waals surface area contributed by atoms with Crippen LogP contribution in [0, 0.1) is 0 Å². The number of phosphoric acid groups is 2. The first-order chi connectivity index (χ1) is 46.1. The minimum absolute atomic E-state index is 0.561. The van der Waals surface area contributed by atoms with Gasteiger partial charge >= 0.3 is 0 Å². The second kappa shape index (κ2) is 46.2. The van der Waals surface area contributed by atoms with E-state index in [4.69, 9.17) is 32.7 Å². The SMILES string of the molecule is CC(=O)N[C@H]1C(OP(=O)([O-])OP(=O)([O-])OC/C=C(/C)CC/C=C(/C)CC/C=C(/C)CC/C=C(/C)CC/C=C(/C)CC/C=C(/C)CC/C=C(/C)CC/C=C(/C)CC/C=C(\C)CC/C=C(\C)CCC=C(C)C)O[C@H](CO)[C@@H](O[C@H]2O[C@H](C)[C@@H](O)[C@H](O)[C@@H]2O[C@H]2O[C@H](C)[C@@H](O)[C@H](O)[C@@H]2O)[C@@H]1O. The maximum atomic E-state index is 13.1. The van der Waals surface area contributed by atoms with Gasteiger partial charge in [-0.15, -0.1) is 0 Å². The quantitative estimate of drug-likeness (QED) is 0.0208. The molecule has 17 atom stereocenters. The summed E-state index contributed by atoms with van der Waals surface area (Å²) in [5.74, 6) is -0.863. The van der Waals surface area contributed by atoms with Gasteiger partial charge in [0, 0.05) is 6.92 Å². The molecule has 0 aromatic rings. The first-order valence-electron chi connectivity index (χ1n) is 35.2. The minimum Gasteiger partial charge on any atom is -0.756 e. The zero-order valence-corrected chi connectivity index (χ0v) is 63.2. The summed E-state index contributed by atoms with van der Waals surface area (Å²) in [5, 5.41) is 77.0. The van der Waals surface area contributed by atoms with Crippen LogP contribution in [0.5, 0.6) is 0 Å². The van der Waals surface area contributed by atoms with E-state index in [1.807, 2.05) is 0 Å². The monoisotopic (exact) mass is 1420 g/mol. The first-order valence-corrected chi connectivity index (χ1v) is 38.1. The lowest BCUT2D eigenvalue weighted by Gasteiger charge is -2.49. The zero-order chi connectivity index (χ0) is 73.3. The molecule has 3 fully saturated rings. The lowest BCUT2D eigenvalue weighted by molar-refractivity contribution is -0.379. The third kappa shape index (κ3) is 35.0. The van der Waals surface area contributed by atoms with Crippen LogP contribution in [0.3, 0.4) is 0 Å². The van der Waals surface area contributed by atoms with Crippen molar-refractivity contribution in [2.75, 3.05) is 13.2 Å². The van der Waals surface area contributed by atoms with Gasteiger partial charge in [0.2, 0.25) is 5.91 Å². The van der Waals surface area contributed by atoms with Gasteiger partial charge in [-0.05, 0) is 225 Å². The Labute approximate surface area is 586 Å². The molecule has 3 saturated heterocycles. The Morgan fingerprint density at radius 1 is 0.408 bits per heavy atom. The Balaban J connectivity index is 1.35. The van der Waals surface area contributed by atoms with Crippen LogP contribution < -0.4 is 15.1 Å². The smallest absolute Gasteiger partial charge is 0.276 e. The standard InChI is InChI=1S/C75H125NO20P2/c1-49(2)26-16-27-50(3)28-17-29-51(4)30-18-31-52(5)32-19-33-53(6)34-20-35-54(7)36-21-37-55(8)38-22-39-56(9)40-23-41-57(10)42-24-43-58(11)44-25-45-59(12)46-47-89-97(85,86)96-98(87,88)95-73-64(76-62(15)78)67(81)71(63(48-77)92-73)93-75-72(69(83)66(80)61(14)91-75)94-74-70(84)68(82)65(79)60(13)90-74/h26,28,30,32,34,36,38,40,42,44,46,60-61,63-75,77,79-84H,16-25,27,29,31,33,35,37,39,41,43,45,47-48H2,1-15H3,(H,76,78)(H,85,86)(H,87,88)/p-2/b50-28+,51-30+,52-32-,53-34-,54-36-,55-38-,56-40-,57-42-,58-44-,59-46-/t60-,61-,63-,64-,65-,66-,67-,68+,69+,70+,71-,72+,73?,74-,75-/m1/s1. The van der Waals surface area contributed by atoms with E-state index in [1.165, 1.54) is 75.7 Å². The molecule has 1 amide bonds. The molecule has 3 aliphatic rings. The topological polar surface area (TPSA) is 325 Å². The predicted octanol–water partition coefficient (Wildman–Crippen LogP) is 12.9. The molecule has 3 unspecified atom stereocenters. The lowest BCUT2D eigenvalue weighted by atomic mass is 9.95. The second-order valence-electron chi connectivity index (χ2n) is 27.6. The zero-order valence-electron chi connectivity index (χ0n) is 61.4. The van der Waals surface area contributed by atoms with Crippen LogP contribution in [0.1, 0.15) is 232 Å². The number of nitrogens with one attached hydrogen (secondary N) is 1. The van der Waals surface area contributed by atoms with E-state index in [-0.39, 0.29) is 0 Å². The predicted molar refractivity (Wildman–Crippen MR) is 380 cm³/mol. The van der Waals surface area contributed by atoms with Crippen molar-refractivity contribution in [3.8, 4) is 0 Å². The van der Waals surface area contributed by atoms with Crippen molar-refractivity contribution < 1.29 is 96.5 Å². The maximum Gasteiger partial charge on any atom is 0.276 e. The van der Waals surface area contributed by atoms with Crippen LogP contribution in [0.15, 0.2) is 128 Å². The van der Waals surface area contributed by atoms with Crippen LogP contribution in [0.4, 0.5) is 0 Å². The van der Waals surface area contributed by atoms with Crippen LogP contribution in [-0.4, -0.2) is 147 Å². The Morgan fingerprint density at radius 3 is 1.08 bits per heavy atom. The number of hydrogen-bond acceptors (Lipinski definition) is 20. The van der Waals surface area contributed by atoms with Crippen molar-refractivity contribution in [1.29, 1.82) is 0 Å². The highest BCUT2D eigenvalue weighted by Gasteiger charge is 2.54. The largest absolute Gasteiger partial charge is 0.756 e. The fourth-order valence-corrected chi connectivity index (χ4v) is 13.5. The van der Waals surface area contributed by atoms with Crippen molar-refractivity contribution in [2.45, 2.75) is 324 Å². The molecule has 0 saturated carbocycles. The normalized spacial score (nSPS) is 29.2. The summed E-state index contributed by atoms with van der Waals surface area (Å²) in [5.41, 5.74) is 15.0. The van der Waals surface area contributed by atoms with Crippen LogP contribution >= 0.6 is 15.6 Å². The van der Waals surface area contributed by atoms with Crippen molar-refractivity contribution in [2.24, 2.45) is 0 Å². The Hall–Kier alpha value is -3.61. The third-order valence-electron chi connectivity index (χ3n) is 17.9. The average molecular weight is 1420 g/mol. The number of aliphatic hydroxyl groups is 7. The molecule has 0 aromatic carbocycles. The maximum absolute atomic E-state index is 13.1. The van der Waals surface area contributed by atoms with Gasteiger partial charge in [0.15, 0.2) is 18.9 Å². The summed E-state index contributed by atoms with van der Waals surface area (Å²) in [7, 11) is -11.6. The Morgan fingerprint density at radius 2 is 0.735 bits per heavy atom. The van der Waals surface area contributed by atoms with E-state index in [1.54, 1.807) is 6.92 Å². The van der Waals surface area contributed by atoms with Gasteiger partial charge in [-0.1, -0.05) is 128 Å². The van der Waals surface area contributed by atoms with Crippen LogP contribution in [0.2, 0.25) is 0 Å². The number of aliphatic hydroxyl groups excluding tert-OH is 7. The average Bonchev–Trinajstić information content (AvgIpc) is 0.776. The van der Waals surface area contributed by atoms with Crippen molar-refractivity contribution in [3.63, 3.8) is 0 Å². The number of carbonyl (C=O) groups is 1. The molecule has 0 aliphatic carbocycles. The molecule has 21 nitrogen and oxygen atoms in total. The molecule has 3 aliphatic heterocycles. The van der Waals surface area contributed by atoms with Gasteiger partial charge in [0.1, 0.15) is 61.0 Å². The van der Waals surface area contributed by atoms with E-state index in [0.29, 0.717) is 12.8 Å². The molecule has 98 heavy (non-hydrogen) atoms.